The van der Waals surface area contributed by atoms with Crippen molar-refractivity contribution in [2.75, 3.05) is 37.6 Å². The summed E-state index contributed by atoms with van der Waals surface area (Å²) in [5.41, 5.74) is 5.01. The highest BCUT2D eigenvalue weighted by molar-refractivity contribution is 7.98. The number of hydrogen-bond acceptors (Lipinski definition) is 7. The number of nitrogens with one attached hydrogen (secondary N) is 1. The highest BCUT2D eigenvalue weighted by Crippen LogP contribution is 2.27. The molecule has 34 heavy (non-hydrogen) atoms. The lowest BCUT2D eigenvalue weighted by molar-refractivity contribution is 0.0951. The molecule has 178 valence electrons. The van der Waals surface area contributed by atoms with Gasteiger partial charge in [-0.05, 0) is 55.8 Å². The summed E-state index contributed by atoms with van der Waals surface area (Å²) < 4.78 is 0. The molecule has 0 radical (unpaired) electrons. The van der Waals surface area contributed by atoms with Crippen molar-refractivity contribution in [1.29, 1.82) is 0 Å². The topological polar surface area (TPSA) is 74.2 Å². The first kappa shape index (κ1) is 24.2. The maximum Gasteiger partial charge on any atom is 0.251 e. The van der Waals surface area contributed by atoms with Crippen molar-refractivity contribution in [2.24, 2.45) is 0 Å². The molecule has 3 heterocycles. The van der Waals surface area contributed by atoms with Gasteiger partial charge in [0.2, 0.25) is 0 Å². The predicted molar refractivity (Wildman–Crippen MR) is 137 cm³/mol. The molecule has 1 fully saturated rings. The lowest BCUT2D eigenvalue weighted by Crippen LogP contribution is -2.46. The summed E-state index contributed by atoms with van der Waals surface area (Å²) in [5.74, 6) is 1.73. The molecule has 7 nitrogen and oxygen atoms in total. The molecule has 0 unspecified atom stereocenters. The molecule has 0 atom stereocenters. The molecule has 1 aliphatic rings. The Labute approximate surface area is 206 Å². The molecule has 1 aromatic carbocycles. The zero-order valence-corrected chi connectivity index (χ0v) is 20.9. The number of nitrogens with zero attached hydrogens (tertiary/aromatic N) is 5. The van der Waals surface area contributed by atoms with Crippen LogP contribution in [0.5, 0.6) is 0 Å². The molecule has 0 aliphatic carbocycles. The van der Waals surface area contributed by atoms with Crippen LogP contribution in [0.2, 0.25) is 0 Å². The Morgan fingerprint density at radius 3 is 2.35 bits per heavy atom. The molecule has 4 rings (SSSR count). The first-order valence-corrected chi connectivity index (χ1v) is 12.7. The fourth-order valence-electron chi connectivity index (χ4n) is 3.92. The van der Waals surface area contributed by atoms with Crippen LogP contribution in [0.15, 0.2) is 53.9 Å². The Balaban J connectivity index is 1.35. The van der Waals surface area contributed by atoms with E-state index >= 15 is 0 Å². The summed E-state index contributed by atoms with van der Waals surface area (Å²) in [6.45, 7) is 12.1. The number of anilines is 1. The molecule has 2 aromatic heterocycles. The Bertz CT molecular complexity index is 1100. The van der Waals surface area contributed by atoms with Gasteiger partial charge in [-0.15, -0.1) is 0 Å². The van der Waals surface area contributed by atoms with E-state index in [9.17, 15) is 4.79 Å². The van der Waals surface area contributed by atoms with Crippen molar-refractivity contribution < 1.29 is 4.79 Å². The Hall–Kier alpha value is -2.97. The van der Waals surface area contributed by atoms with Crippen LogP contribution in [0.1, 0.15) is 39.7 Å². The monoisotopic (exact) mass is 476 g/mol. The maximum absolute atomic E-state index is 12.4. The molecule has 1 amide bonds. The van der Waals surface area contributed by atoms with E-state index in [1.807, 2.05) is 36.4 Å². The lowest BCUT2D eigenvalue weighted by atomic mass is 10.1. The van der Waals surface area contributed by atoms with Gasteiger partial charge in [-0.1, -0.05) is 30.8 Å². The van der Waals surface area contributed by atoms with Gasteiger partial charge < -0.3 is 15.1 Å². The van der Waals surface area contributed by atoms with E-state index < -0.39 is 0 Å². The standard InChI is InChI=1S/C26H32N6OS/c1-4-31-13-15-32(16-14-31)24-19(2)20(3)29-26(30-24)34-18-22-5-7-23(8-6-22)25(33)28-17-21-9-11-27-12-10-21/h5-12H,4,13-18H2,1-3H3,(H,28,33). The number of carbonyl (C=O) groups is 1. The van der Waals surface area contributed by atoms with E-state index in [4.69, 9.17) is 9.97 Å². The Morgan fingerprint density at radius 2 is 1.68 bits per heavy atom. The van der Waals surface area contributed by atoms with Gasteiger partial charge in [0, 0.05) is 67.7 Å². The van der Waals surface area contributed by atoms with Crippen LogP contribution in [0.25, 0.3) is 0 Å². The fraction of sp³-hybridized carbons (Fsp3) is 0.385. The normalized spacial score (nSPS) is 14.3. The van der Waals surface area contributed by atoms with Crippen molar-refractivity contribution in [1.82, 2.24) is 25.2 Å². The van der Waals surface area contributed by atoms with Crippen molar-refractivity contribution in [3.63, 3.8) is 0 Å². The maximum atomic E-state index is 12.4. The highest BCUT2D eigenvalue weighted by atomic mass is 32.2. The lowest BCUT2D eigenvalue weighted by Gasteiger charge is -2.35. The first-order valence-electron chi connectivity index (χ1n) is 11.7. The first-order chi connectivity index (χ1) is 16.5. The number of rotatable bonds is 8. The van der Waals surface area contributed by atoms with Crippen LogP contribution in [-0.2, 0) is 12.3 Å². The second-order valence-electron chi connectivity index (χ2n) is 8.49. The molecule has 0 spiro atoms. The Kier molecular flexibility index (Phi) is 8.13. The zero-order valence-electron chi connectivity index (χ0n) is 20.1. The molecule has 8 heteroatoms. The van der Waals surface area contributed by atoms with E-state index in [-0.39, 0.29) is 5.91 Å². The zero-order chi connectivity index (χ0) is 23.9. The van der Waals surface area contributed by atoms with E-state index in [2.05, 4.69) is 40.9 Å². The number of piperazine rings is 1. The third-order valence-electron chi connectivity index (χ3n) is 6.25. The van der Waals surface area contributed by atoms with Crippen molar-refractivity contribution >= 4 is 23.5 Å². The van der Waals surface area contributed by atoms with Crippen LogP contribution in [-0.4, -0.2) is 58.5 Å². The van der Waals surface area contributed by atoms with Crippen molar-refractivity contribution in [3.05, 3.63) is 76.7 Å². The molecule has 3 aromatic rings. The molecular formula is C26H32N6OS. The van der Waals surface area contributed by atoms with Gasteiger partial charge in [0.05, 0.1) is 0 Å². The number of pyridine rings is 1. The van der Waals surface area contributed by atoms with Gasteiger partial charge in [0.1, 0.15) is 5.82 Å². The third-order valence-corrected chi connectivity index (χ3v) is 7.17. The predicted octanol–water partition coefficient (Wildman–Crippen LogP) is 3.85. The Morgan fingerprint density at radius 1 is 0.971 bits per heavy atom. The van der Waals surface area contributed by atoms with Crippen LogP contribution < -0.4 is 10.2 Å². The van der Waals surface area contributed by atoms with E-state index in [0.29, 0.717) is 12.1 Å². The smallest absolute Gasteiger partial charge is 0.251 e. The van der Waals surface area contributed by atoms with Crippen molar-refractivity contribution in [3.8, 4) is 0 Å². The number of aryl methyl sites for hydroxylation is 1. The molecule has 0 bridgehead atoms. The summed E-state index contributed by atoms with van der Waals surface area (Å²) in [6, 6.07) is 11.5. The number of thioether (sulfide) groups is 1. The molecule has 1 N–H and O–H groups in total. The number of carbonyl (C=O) groups excluding carboxylic acids is 1. The number of aromatic nitrogens is 3. The SMILES string of the molecule is CCN1CCN(c2nc(SCc3ccc(C(=O)NCc4ccncc4)cc3)nc(C)c2C)CC1. The minimum atomic E-state index is -0.0821. The minimum Gasteiger partial charge on any atom is -0.354 e. The average Bonchev–Trinajstić information content (AvgIpc) is 2.89. The number of amides is 1. The quantitative estimate of drug-likeness (QED) is 0.391. The summed E-state index contributed by atoms with van der Waals surface area (Å²) in [7, 11) is 0. The van der Waals surface area contributed by atoms with E-state index in [1.165, 1.54) is 0 Å². The van der Waals surface area contributed by atoms with Crippen LogP contribution in [0.4, 0.5) is 5.82 Å². The number of likely N-dealkylation sites (N-methyl/N-ethyl adjacent to an activating group) is 1. The molecular weight excluding hydrogens is 444 g/mol. The van der Waals surface area contributed by atoms with Crippen LogP contribution in [0.3, 0.4) is 0 Å². The minimum absolute atomic E-state index is 0.0821. The molecule has 0 saturated carbocycles. The van der Waals surface area contributed by atoms with Gasteiger partial charge in [-0.3, -0.25) is 9.78 Å². The fourth-order valence-corrected chi connectivity index (χ4v) is 4.76. The average molecular weight is 477 g/mol. The van der Waals surface area contributed by atoms with Crippen LogP contribution in [0, 0.1) is 13.8 Å². The number of benzene rings is 1. The third kappa shape index (κ3) is 6.12. The summed E-state index contributed by atoms with van der Waals surface area (Å²) in [5, 5.41) is 3.75. The van der Waals surface area contributed by atoms with Gasteiger partial charge >= 0.3 is 0 Å². The van der Waals surface area contributed by atoms with Gasteiger partial charge in [-0.2, -0.15) is 0 Å². The van der Waals surface area contributed by atoms with Gasteiger partial charge in [0.25, 0.3) is 5.91 Å². The molecule has 1 saturated heterocycles. The second-order valence-corrected chi connectivity index (χ2v) is 9.43. The largest absolute Gasteiger partial charge is 0.354 e. The summed E-state index contributed by atoms with van der Waals surface area (Å²) in [4.78, 5) is 30.9. The summed E-state index contributed by atoms with van der Waals surface area (Å²) in [6.07, 6.45) is 3.45. The van der Waals surface area contributed by atoms with Crippen LogP contribution >= 0.6 is 11.8 Å². The summed E-state index contributed by atoms with van der Waals surface area (Å²) >= 11 is 1.64. The van der Waals surface area contributed by atoms with E-state index in [1.54, 1.807) is 24.2 Å². The second kappa shape index (κ2) is 11.4. The van der Waals surface area contributed by atoms with Gasteiger partial charge in [-0.25, -0.2) is 9.97 Å². The van der Waals surface area contributed by atoms with Crippen molar-refractivity contribution in [2.45, 2.75) is 38.2 Å². The van der Waals surface area contributed by atoms with E-state index in [0.717, 1.165) is 71.8 Å². The highest BCUT2D eigenvalue weighted by Gasteiger charge is 2.20. The number of hydrogen-bond donors (Lipinski definition) is 1. The van der Waals surface area contributed by atoms with Gasteiger partial charge in [0.15, 0.2) is 5.16 Å². The molecule has 1 aliphatic heterocycles.